The highest BCUT2D eigenvalue weighted by Gasteiger charge is 2.29. The molecule has 5 heteroatoms. The minimum atomic E-state index is 0.133. The molecule has 29 heavy (non-hydrogen) atoms. The Kier molecular flexibility index (Phi) is 7.24. The molecule has 1 aliphatic rings. The Bertz CT molecular complexity index is 821. The van der Waals surface area contributed by atoms with E-state index < -0.39 is 0 Å². The molecule has 156 valence electrons. The minimum Gasteiger partial charge on any atom is -0.360 e. The van der Waals surface area contributed by atoms with Crippen molar-refractivity contribution in [3.63, 3.8) is 0 Å². The molecule has 0 spiro atoms. The summed E-state index contributed by atoms with van der Waals surface area (Å²) in [7, 11) is 2.06. The van der Waals surface area contributed by atoms with Gasteiger partial charge in [-0.15, -0.1) is 0 Å². The molecule has 1 aliphatic heterocycles. The number of carbonyl (C=O) groups excluding carboxylic acids is 1. The number of hydrogen-bond acceptors (Lipinski definition) is 4. The van der Waals surface area contributed by atoms with E-state index in [1.54, 1.807) is 0 Å². The molecule has 3 rings (SSSR count). The molecule has 0 fully saturated rings. The van der Waals surface area contributed by atoms with E-state index in [0.29, 0.717) is 12.5 Å². The maximum atomic E-state index is 13.2. The van der Waals surface area contributed by atoms with E-state index >= 15 is 0 Å². The molecule has 1 aromatic heterocycles. The fraction of sp³-hybridized carbons (Fsp3) is 0.542. The quantitative estimate of drug-likeness (QED) is 0.651. The molecule has 0 aliphatic carbocycles. The second-order valence-electron chi connectivity index (χ2n) is 7.93. The van der Waals surface area contributed by atoms with Crippen LogP contribution < -0.4 is 4.90 Å². The number of rotatable bonds is 8. The molecule has 0 saturated carbocycles. The van der Waals surface area contributed by atoms with Gasteiger partial charge < -0.3 is 9.80 Å². The van der Waals surface area contributed by atoms with Gasteiger partial charge >= 0.3 is 0 Å². The van der Waals surface area contributed by atoms with E-state index in [-0.39, 0.29) is 5.92 Å². The Morgan fingerprint density at radius 2 is 1.93 bits per heavy atom. The van der Waals surface area contributed by atoms with Gasteiger partial charge in [0, 0.05) is 43.6 Å². The first-order valence-electron chi connectivity index (χ1n) is 11.0. The van der Waals surface area contributed by atoms with Crippen molar-refractivity contribution in [3.05, 3.63) is 41.6 Å². The summed E-state index contributed by atoms with van der Waals surface area (Å²) >= 11 is 0. The first-order valence-corrected chi connectivity index (χ1v) is 11.0. The highest BCUT2D eigenvalue weighted by atomic mass is 16.2. The number of unbranched alkanes of at least 4 members (excludes halogenated alkanes) is 1. The molecule has 0 bridgehead atoms. The van der Waals surface area contributed by atoms with Gasteiger partial charge in [0.05, 0.1) is 12.2 Å². The molecule has 0 N–H and O–H groups in total. The zero-order chi connectivity index (χ0) is 20.8. The van der Waals surface area contributed by atoms with Crippen LogP contribution in [0.15, 0.2) is 30.3 Å². The van der Waals surface area contributed by atoms with E-state index in [2.05, 4.69) is 44.9 Å². The monoisotopic (exact) mass is 394 g/mol. The molecular weight excluding hydrogens is 360 g/mol. The van der Waals surface area contributed by atoms with Gasteiger partial charge in [0.2, 0.25) is 5.91 Å². The summed E-state index contributed by atoms with van der Waals surface area (Å²) < 4.78 is 0. The summed E-state index contributed by atoms with van der Waals surface area (Å²) in [5.74, 6) is 2.15. The van der Waals surface area contributed by atoms with Crippen LogP contribution in [0.4, 0.5) is 5.82 Å². The molecule has 0 saturated heterocycles. The number of benzene rings is 1. The third-order valence-electron chi connectivity index (χ3n) is 5.97. The van der Waals surface area contributed by atoms with E-state index in [1.807, 2.05) is 23.1 Å². The van der Waals surface area contributed by atoms with E-state index in [4.69, 9.17) is 9.97 Å². The summed E-state index contributed by atoms with van der Waals surface area (Å²) in [4.78, 5) is 27.2. The van der Waals surface area contributed by atoms with Crippen molar-refractivity contribution in [2.45, 2.75) is 59.4 Å². The van der Waals surface area contributed by atoms with Gasteiger partial charge in [-0.2, -0.15) is 0 Å². The van der Waals surface area contributed by atoms with Crippen LogP contribution in [-0.2, 0) is 17.8 Å². The molecule has 5 nitrogen and oxygen atoms in total. The molecule has 2 heterocycles. The SMILES string of the molecule is CCCCC(CC)C(=O)N1CCc2nc(-c3ccccc3)nc(N(C)CC)c2C1. The van der Waals surface area contributed by atoms with Crippen molar-refractivity contribution in [1.82, 2.24) is 14.9 Å². The third-order valence-corrected chi connectivity index (χ3v) is 5.97. The minimum absolute atomic E-state index is 0.133. The largest absolute Gasteiger partial charge is 0.360 e. The van der Waals surface area contributed by atoms with Gasteiger partial charge in [0.15, 0.2) is 5.82 Å². The number of nitrogens with zero attached hydrogens (tertiary/aromatic N) is 4. The predicted octanol–water partition coefficient (Wildman–Crippen LogP) is 4.70. The van der Waals surface area contributed by atoms with Crippen LogP contribution in [-0.4, -0.2) is 40.9 Å². The van der Waals surface area contributed by atoms with Crippen molar-refractivity contribution < 1.29 is 4.79 Å². The number of hydrogen-bond donors (Lipinski definition) is 0. The summed E-state index contributed by atoms with van der Waals surface area (Å²) in [6.07, 6.45) is 4.93. The first kappa shape index (κ1) is 21.3. The Labute approximate surface area is 175 Å². The summed E-state index contributed by atoms with van der Waals surface area (Å²) in [5.41, 5.74) is 3.23. The standard InChI is InChI=1S/C24H34N4O/c1-5-8-12-18(6-2)24(29)28-16-15-21-20(17-28)23(27(4)7-3)26-22(25-21)19-13-10-9-11-14-19/h9-11,13-14,18H,5-8,12,15-17H2,1-4H3. The van der Waals surface area contributed by atoms with Gasteiger partial charge in [0.1, 0.15) is 5.82 Å². The highest BCUT2D eigenvalue weighted by Crippen LogP contribution is 2.30. The van der Waals surface area contributed by atoms with Crippen LogP contribution in [0.3, 0.4) is 0 Å². The van der Waals surface area contributed by atoms with Crippen LogP contribution in [0, 0.1) is 5.92 Å². The molecule has 2 aromatic rings. The van der Waals surface area contributed by atoms with Crippen molar-refractivity contribution >= 4 is 11.7 Å². The molecule has 1 atom stereocenters. The molecule has 1 unspecified atom stereocenters. The van der Waals surface area contributed by atoms with E-state index in [0.717, 1.165) is 73.7 Å². The Balaban J connectivity index is 1.92. The predicted molar refractivity (Wildman–Crippen MR) is 119 cm³/mol. The number of fused-ring (bicyclic) bond motifs is 1. The molecule has 1 aromatic carbocycles. The van der Waals surface area contributed by atoms with E-state index in [1.165, 1.54) is 0 Å². The van der Waals surface area contributed by atoms with Gasteiger partial charge in [-0.05, 0) is 19.8 Å². The van der Waals surface area contributed by atoms with Crippen molar-refractivity contribution in [2.24, 2.45) is 5.92 Å². The van der Waals surface area contributed by atoms with Crippen LogP contribution in [0.5, 0.6) is 0 Å². The van der Waals surface area contributed by atoms with Gasteiger partial charge in [-0.25, -0.2) is 9.97 Å². The van der Waals surface area contributed by atoms with Crippen molar-refractivity contribution in [3.8, 4) is 11.4 Å². The Morgan fingerprint density at radius 3 is 2.59 bits per heavy atom. The fourth-order valence-electron chi connectivity index (χ4n) is 3.98. The zero-order valence-electron chi connectivity index (χ0n) is 18.3. The lowest BCUT2D eigenvalue weighted by Gasteiger charge is -2.33. The van der Waals surface area contributed by atoms with Gasteiger partial charge in [-0.3, -0.25) is 4.79 Å². The molecule has 1 amide bonds. The second kappa shape index (κ2) is 9.86. The molecular formula is C24H34N4O. The third kappa shape index (κ3) is 4.77. The zero-order valence-corrected chi connectivity index (χ0v) is 18.3. The number of carbonyl (C=O) groups is 1. The average molecular weight is 395 g/mol. The normalized spacial score (nSPS) is 14.4. The Hall–Kier alpha value is -2.43. The van der Waals surface area contributed by atoms with E-state index in [9.17, 15) is 4.79 Å². The molecule has 0 radical (unpaired) electrons. The summed E-state index contributed by atoms with van der Waals surface area (Å²) in [5, 5.41) is 0. The Morgan fingerprint density at radius 1 is 1.17 bits per heavy atom. The maximum Gasteiger partial charge on any atom is 0.225 e. The smallest absolute Gasteiger partial charge is 0.225 e. The van der Waals surface area contributed by atoms with Crippen LogP contribution >= 0.6 is 0 Å². The maximum absolute atomic E-state index is 13.2. The number of aromatic nitrogens is 2. The lowest BCUT2D eigenvalue weighted by Crippen LogP contribution is -2.41. The first-order chi connectivity index (χ1) is 14.1. The van der Waals surface area contributed by atoms with Crippen molar-refractivity contribution in [1.29, 1.82) is 0 Å². The second-order valence-corrected chi connectivity index (χ2v) is 7.93. The summed E-state index contributed by atoms with van der Waals surface area (Å²) in [6, 6.07) is 10.1. The average Bonchev–Trinajstić information content (AvgIpc) is 2.78. The number of anilines is 1. The topological polar surface area (TPSA) is 49.3 Å². The van der Waals surface area contributed by atoms with Crippen LogP contribution in [0.25, 0.3) is 11.4 Å². The van der Waals surface area contributed by atoms with Crippen LogP contribution in [0.2, 0.25) is 0 Å². The van der Waals surface area contributed by atoms with Crippen LogP contribution in [0.1, 0.15) is 57.7 Å². The fourth-order valence-corrected chi connectivity index (χ4v) is 3.98. The number of amides is 1. The summed E-state index contributed by atoms with van der Waals surface area (Å²) in [6.45, 7) is 8.66. The van der Waals surface area contributed by atoms with Gasteiger partial charge in [0.25, 0.3) is 0 Å². The van der Waals surface area contributed by atoms with Crippen molar-refractivity contribution in [2.75, 3.05) is 25.0 Å². The highest BCUT2D eigenvalue weighted by molar-refractivity contribution is 5.79. The van der Waals surface area contributed by atoms with Gasteiger partial charge in [-0.1, -0.05) is 57.0 Å². The lowest BCUT2D eigenvalue weighted by atomic mass is 9.96. The lowest BCUT2D eigenvalue weighted by molar-refractivity contribution is -0.136.